The number of pyridine rings is 1. The zero-order valence-corrected chi connectivity index (χ0v) is 14.0. The number of amides is 1. The second-order valence-electron chi connectivity index (χ2n) is 6.35. The monoisotopic (exact) mass is 358 g/mol. The van der Waals surface area contributed by atoms with Crippen LogP contribution in [0.4, 0.5) is 15.9 Å². The van der Waals surface area contributed by atoms with Gasteiger partial charge in [0.05, 0.1) is 0 Å². The van der Waals surface area contributed by atoms with Crippen molar-refractivity contribution in [2.75, 3.05) is 11.9 Å². The molecule has 2 aromatic heterocycles. The van der Waals surface area contributed by atoms with E-state index in [9.17, 15) is 14.3 Å². The minimum Gasteiger partial charge on any atom is -0.396 e. The zero-order valence-electron chi connectivity index (χ0n) is 14.0. The predicted molar refractivity (Wildman–Crippen MR) is 92.1 cm³/mol. The summed E-state index contributed by atoms with van der Waals surface area (Å²) in [5.74, 6) is -1.02. The van der Waals surface area contributed by atoms with Gasteiger partial charge in [-0.3, -0.25) is 9.48 Å². The number of aliphatic hydroxyl groups is 1. The highest BCUT2D eigenvalue weighted by Crippen LogP contribution is 2.35. The summed E-state index contributed by atoms with van der Waals surface area (Å²) in [4.78, 5) is 18.9. The van der Waals surface area contributed by atoms with Crippen molar-refractivity contribution in [3.05, 3.63) is 47.5 Å². The van der Waals surface area contributed by atoms with E-state index in [1.54, 1.807) is 10.7 Å². The quantitative estimate of drug-likeness (QED) is 0.558. The van der Waals surface area contributed by atoms with Gasteiger partial charge in [0.15, 0.2) is 5.82 Å². The fourth-order valence-electron chi connectivity index (χ4n) is 3.28. The van der Waals surface area contributed by atoms with Crippen molar-refractivity contribution in [2.24, 2.45) is 11.7 Å². The number of nitrogens with two attached hydrogens (primary N) is 1. The summed E-state index contributed by atoms with van der Waals surface area (Å²) in [7, 11) is 0. The lowest BCUT2D eigenvalue weighted by atomic mass is 9.83. The number of anilines is 2. The van der Waals surface area contributed by atoms with Crippen LogP contribution in [0.15, 0.2) is 24.5 Å². The molecule has 9 heteroatoms. The topological polar surface area (TPSA) is 110 Å². The number of hydrogen-bond donors (Lipinski definition) is 3. The number of carbonyl (C=O) groups is 1. The molecule has 0 radical (unpaired) electrons. The molecule has 1 aliphatic rings. The largest absolute Gasteiger partial charge is 0.396 e. The number of aliphatic hydroxyl groups excluding tert-OH is 1. The molecule has 0 aromatic carbocycles. The van der Waals surface area contributed by atoms with Crippen molar-refractivity contribution in [2.45, 2.75) is 31.3 Å². The van der Waals surface area contributed by atoms with Crippen LogP contribution in [0, 0.1) is 18.4 Å². The first-order valence-electron chi connectivity index (χ1n) is 8.26. The van der Waals surface area contributed by atoms with E-state index in [1.807, 2.05) is 0 Å². The fraction of sp³-hybridized carbons (Fsp3) is 0.412. The van der Waals surface area contributed by atoms with Crippen molar-refractivity contribution in [3.63, 3.8) is 0 Å². The number of halogens is 1. The summed E-state index contributed by atoms with van der Waals surface area (Å²) >= 11 is 0. The number of primary amides is 1. The van der Waals surface area contributed by atoms with Crippen molar-refractivity contribution >= 4 is 17.4 Å². The lowest BCUT2D eigenvalue weighted by Gasteiger charge is -2.28. The second kappa shape index (κ2) is 7.49. The van der Waals surface area contributed by atoms with Gasteiger partial charge in [0, 0.05) is 37.2 Å². The van der Waals surface area contributed by atoms with Crippen molar-refractivity contribution in [1.29, 1.82) is 0 Å². The lowest BCUT2D eigenvalue weighted by molar-refractivity contribution is 0.100. The minimum absolute atomic E-state index is 0.0603. The Hall–Kier alpha value is -2.99. The van der Waals surface area contributed by atoms with Gasteiger partial charge < -0.3 is 21.0 Å². The third kappa shape index (κ3) is 3.65. The van der Waals surface area contributed by atoms with E-state index in [4.69, 9.17) is 12.3 Å². The summed E-state index contributed by atoms with van der Waals surface area (Å²) < 4.78 is 14.8. The molecular weight excluding hydrogens is 339 g/mol. The molecule has 136 valence electrons. The summed E-state index contributed by atoms with van der Waals surface area (Å²) in [6.07, 6.45) is 4.83. The summed E-state index contributed by atoms with van der Waals surface area (Å²) in [6, 6.07) is 2.17. The van der Waals surface area contributed by atoms with Crippen molar-refractivity contribution < 1.29 is 14.3 Å². The Morgan fingerprint density at radius 1 is 1.54 bits per heavy atom. The summed E-state index contributed by atoms with van der Waals surface area (Å²) in [5.41, 5.74) is 5.99. The van der Waals surface area contributed by atoms with Crippen molar-refractivity contribution in [1.82, 2.24) is 14.8 Å². The number of aromatic nitrogens is 3. The molecule has 3 atom stereocenters. The first-order chi connectivity index (χ1) is 12.5. The molecule has 3 rings (SSSR count). The van der Waals surface area contributed by atoms with Crippen molar-refractivity contribution in [3.8, 4) is 0 Å². The molecule has 0 unspecified atom stereocenters. The standard InChI is InChI=1S/C17H19FN6O2/c1-20-13-6-10(9-25)2-3-14(13)24-8-12(16(19)26)17(23-24)22-11-4-5-21-15(18)7-11/h4-5,7-8,10,13-14,25H,2-3,6,9H2,(H2,19,26)(H,21,22,23)/t10-,13-,14-/m0/s1. The number of carbonyl (C=O) groups excluding carboxylic acids is 1. The highest BCUT2D eigenvalue weighted by Gasteiger charge is 2.37. The highest BCUT2D eigenvalue weighted by atomic mass is 19.1. The molecular formula is C17H19FN6O2. The van der Waals surface area contributed by atoms with Gasteiger partial charge in [0.25, 0.3) is 5.91 Å². The highest BCUT2D eigenvalue weighted by molar-refractivity contribution is 5.98. The van der Waals surface area contributed by atoms with E-state index in [0.29, 0.717) is 18.5 Å². The first kappa shape index (κ1) is 17.8. The molecule has 4 N–H and O–H groups in total. The molecule has 2 aromatic rings. The molecule has 1 aliphatic carbocycles. The molecule has 1 saturated carbocycles. The Balaban J connectivity index is 1.89. The average molecular weight is 358 g/mol. The molecule has 26 heavy (non-hydrogen) atoms. The molecule has 0 aliphatic heterocycles. The fourth-order valence-corrected chi connectivity index (χ4v) is 3.28. The Morgan fingerprint density at radius 3 is 3.00 bits per heavy atom. The van der Waals surface area contributed by atoms with Gasteiger partial charge in [0.1, 0.15) is 11.6 Å². The van der Waals surface area contributed by atoms with Crippen LogP contribution in [-0.4, -0.2) is 38.4 Å². The molecule has 1 fully saturated rings. The maximum absolute atomic E-state index is 13.3. The third-order valence-corrected chi connectivity index (χ3v) is 4.64. The van der Waals surface area contributed by atoms with Gasteiger partial charge in [-0.05, 0) is 24.8 Å². The maximum atomic E-state index is 13.3. The van der Waals surface area contributed by atoms with E-state index in [2.05, 4.69) is 20.2 Å². The van der Waals surface area contributed by atoms with Gasteiger partial charge in [-0.2, -0.15) is 9.49 Å². The average Bonchev–Trinajstić information content (AvgIpc) is 3.05. The minimum atomic E-state index is -0.670. The maximum Gasteiger partial charge on any atom is 0.254 e. The lowest BCUT2D eigenvalue weighted by Crippen LogP contribution is -2.31. The molecule has 2 heterocycles. The normalized spacial score (nSPS) is 22.6. The third-order valence-electron chi connectivity index (χ3n) is 4.64. The Kier molecular flexibility index (Phi) is 5.14. The van der Waals surface area contributed by atoms with Crippen LogP contribution in [0.1, 0.15) is 35.7 Å². The Bertz CT molecular complexity index is 846. The molecule has 8 nitrogen and oxygen atoms in total. The molecule has 0 saturated heterocycles. The summed E-state index contributed by atoms with van der Waals surface area (Å²) in [6.45, 7) is 7.50. The predicted octanol–water partition coefficient (Wildman–Crippen LogP) is 1.88. The number of hydrogen-bond acceptors (Lipinski definition) is 5. The SMILES string of the molecule is [C-]#[N+][C@H]1C[C@@H](CO)CC[C@@H]1n1cc(C(N)=O)c(Nc2ccnc(F)c2)n1. The van der Waals surface area contributed by atoms with Crippen LogP contribution in [-0.2, 0) is 0 Å². The van der Waals surface area contributed by atoms with Crippen LogP contribution in [0.25, 0.3) is 4.85 Å². The van der Waals surface area contributed by atoms with Gasteiger partial charge in [-0.25, -0.2) is 11.6 Å². The molecule has 1 amide bonds. The van der Waals surface area contributed by atoms with Crippen LogP contribution < -0.4 is 11.1 Å². The number of rotatable bonds is 5. The molecule has 0 bridgehead atoms. The van der Waals surface area contributed by atoms with Gasteiger partial charge >= 0.3 is 0 Å². The number of nitrogens with one attached hydrogen (secondary N) is 1. The van der Waals surface area contributed by atoms with Crippen LogP contribution >= 0.6 is 0 Å². The Morgan fingerprint density at radius 2 is 2.35 bits per heavy atom. The van der Waals surface area contributed by atoms with E-state index in [1.165, 1.54) is 18.5 Å². The van der Waals surface area contributed by atoms with Crippen LogP contribution in [0.5, 0.6) is 0 Å². The summed E-state index contributed by atoms with van der Waals surface area (Å²) in [5, 5.41) is 16.6. The van der Waals surface area contributed by atoms with E-state index >= 15 is 0 Å². The first-order valence-corrected chi connectivity index (χ1v) is 8.26. The van der Waals surface area contributed by atoms with Crippen LogP contribution in [0.3, 0.4) is 0 Å². The molecule has 0 spiro atoms. The van der Waals surface area contributed by atoms with Crippen LogP contribution in [0.2, 0.25) is 0 Å². The zero-order chi connectivity index (χ0) is 18.7. The smallest absolute Gasteiger partial charge is 0.254 e. The van der Waals surface area contributed by atoms with E-state index in [0.717, 1.165) is 6.42 Å². The van der Waals surface area contributed by atoms with E-state index < -0.39 is 11.9 Å². The van der Waals surface area contributed by atoms with Gasteiger partial charge in [-0.15, -0.1) is 0 Å². The Labute approximate surface area is 149 Å². The van der Waals surface area contributed by atoms with Gasteiger partial charge in [0.2, 0.25) is 12.0 Å². The second-order valence-corrected chi connectivity index (χ2v) is 6.35. The number of nitrogens with zero attached hydrogens (tertiary/aromatic N) is 4. The van der Waals surface area contributed by atoms with E-state index in [-0.39, 0.29) is 36.0 Å². The van der Waals surface area contributed by atoms with Gasteiger partial charge in [-0.1, -0.05) is 0 Å².